The first-order valence-corrected chi connectivity index (χ1v) is 7.38. The molecule has 5 heteroatoms. The second kappa shape index (κ2) is 9.12. The Balaban J connectivity index is 3.06. The lowest BCUT2D eigenvalue weighted by Gasteiger charge is -2.02. The van der Waals surface area contributed by atoms with Gasteiger partial charge in [-0.2, -0.15) is 8.42 Å². The molecule has 0 unspecified atom stereocenters. The minimum atomic E-state index is -3.48. The van der Waals surface area contributed by atoms with Gasteiger partial charge < -0.3 is 0 Å². The second-order valence-corrected chi connectivity index (χ2v) is 5.29. The summed E-state index contributed by atoms with van der Waals surface area (Å²) in [6.07, 6.45) is 9.64. The first-order chi connectivity index (χ1) is 7.06. The fourth-order valence-electron chi connectivity index (χ4n) is 1.47. The van der Waals surface area contributed by atoms with E-state index in [1.165, 1.54) is 38.5 Å². The van der Waals surface area contributed by atoms with E-state index in [9.17, 15) is 8.42 Å². The van der Waals surface area contributed by atoms with Crippen LogP contribution in [0.25, 0.3) is 0 Å². The van der Waals surface area contributed by atoms with Crippen molar-refractivity contribution in [1.82, 2.24) is 4.72 Å². The van der Waals surface area contributed by atoms with Crippen molar-refractivity contribution in [3.05, 3.63) is 0 Å². The van der Waals surface area contributed by atoms with Gasteiger partial charge in [-0.15, -0.1) is 0 Å². The molecule has 0 rings (SSSR count). The lowest BCUT2D eigenvalue weighted by Crippen LogP contribution is -2.31. The second-order valence-electron chi connectivity index (χ2n) is 3.91. The molecule has 0 aromatic heterocycles. The monoisotopic (exact) mass is 236 g/mol. The van der Waals surface area contributed by atoms with Gasteiger partial charge in [0.2, 0.25) is 0 Å². The molecule has 0 aliphatic carbocycles. The molecule has 0 saturated carbocycles. The van der Waals surface area contributed by atoms with E-state index in [-0.39, 0.29) is 0 Å². The molecule has 0 aromatic carbocycles. The topological polar surface area (TPSA) is 72.2 Å². The van der Waals surface area contributed by atoms with Crippen LogP contribution in [0, 0.1) is 0 Å². The molecule has 0 amide bonds. The zero-order valence-corrected chi connectivity index (χ0v) is 10.5. The van der Waals surface area contributed by atoms with Gasteiger partial charge in [0.1, 0.15) is 0 Å². The first-order valence-electron chi connectivity index (χ1n) is 5.83. The third-order valence-electron chi connectivity index (χ3n) is 2.33. The Kier molecular flexibility index (Phi) is 9.04. The zero-order valence-electron chi connectivity index (χ0n) is 9.67. The van der Waals surface area contributed by atoms with E-state index < -0.39 is 10.2 Å². The van der Waals surface area contributed by atoms with Crippen LogP contribution in [-0.2, 0) is 10.2 Å². The Hall–Kier alpha value is -0.130. The van der Waals surface area contributed by atoms with Gasteiger partial charge in [0.25, 0.3) is 10.2 Å². The molecule has 0 saturated heterocycles. The molecule has 0 atom stereocenters. The maximum Gasteiger partial charge on any atom is 0.274 e. The molecule has 0 spiro atoms. The summed E-state index contributed by atoms with van der Waals surface area (Å²) in [6, 6.07) is 0. The van der Waals surface area contributed by atoms with Crippen molar-refractivity contribution in [3.63, 3.8) is 0 Å². The Bertz CT molecular complexity index is 228. The van der Waals surface area contributed by atoms with Crippen LogP contribution < -0.4 is 9.86 Å². The molecule has 0 heterocycles. The summed E-state index contributed by atoms with van der Waals surface area (Å²) < 4.78 is 23.3. The minimum absolute atomic E-state index is 0.466. The molecule has 92 valence electrons. The first kappa shape index (κ1) is 14.9. The molecule has 0 aliphatic heterocycles. The van der Waals surface area contributed by atoms with E-state index in [4.69, 9.17) is 5.14 Å². The third kappa shape index (κ3) is 13.9. The summed E-state index contributed by atoms with van der Waals surface area (Å²) in [5.74, 6) is 0. The lowest BCUT2D eigenvalue weighted by molar-refractivity contribution is 0.560. The van der Waals surface area contributed by atoms with Gasteiger partial charge in [0.15, 0.2) is 0 Å². The summed E-state index contributed by atoms with van der Waals surface area (Å²) >= 11 is 0. The molecule has 0 radical (unpaired) electrons. The van der Waals surface area contributed by atoms with Gasteiger partial charge in [-0.3, -0.25) is 0 Å². The molecule has 0 aliphatic rings. The van der Waals surface area contributed by atoms with Crippen molar-refractivity contribution in [2.45, 2.75) is 58.3 Å². The van der Waals surface area contributed by atoms with Crippen LogP contribution in [0.15, 0.2) is 0 Å². The molecule has 0 bridgehead atoms. The maximum absolute atomic E-state index is 10.5. The molecule has 0 fully saturated rings. The quantitative estimate of drug-likeness (QED) is 0.569. The Morgan fingerprint density at radius 1 is 0.933 bits per heavy atom. The van der Waals surface area contributed by atoms with Crippen molar-refractivity contribution in [1.29, 1.82) is 0 Å². The van der Waals surface area contributed by atoms with Crippen LogP contribution in [0.2, 0.25) is 0 Å². The highest BCUT2D eigenvalue weighted by molar-refractivity contribution is 7.87. The van der Waals surface area contributed by atoms with Crippen LogP contribution in [0.3, 0.4) is 0 Å². The van der Waals surface area contributed by atoms with Crippen LogP contribution in [-0.4, -0.2) is 15.0 Å². The standard InChI is InChI=1S/C10H24N2O2S/c1-2-3-4-5-6-7-8-9-10-12-15(11,13)14/h12H,2-10H2,1H3,(H2,11,13,14). The summed E-state index contributed by atoms with van der Waals surface area (Å²) in [5.41, 5.74) is 0. The molecule has 4 nitrogen and oxygen atoms in total. The van der Waals surface area contributed by atoms with E-state index in [0.717, 1.165) is 12.8 Å². The molecule has 0 aromatic rings. The number of hydrogen-bond donors (Lipinski definition) is 2. The number of nitrogens with two attached hydrogens (primary N) is 1. The van der Waals surface area contributed by atoms with Gasteiger partial charge in [-0.25, -0.2) is 9.86 Å². The average Bonchev–Trinajstić information content (AvgIpc) is 2.14. The summed E-state index contributed by atoms with van der Waals surface area (Å²) in [5, 5.41) is 4.79. The highest BCUT2D eigenvalue weighted by Crippen LogP contribution is 2.07. The Labute approximate surface area is 93.8 Å². The predicted octanol–water partition coefficient (Wildman–Crippen LogP) is 1.92. The molecular formula is C10H24N2O2S. The van der Waals surface area contributed by atoms with E-state index in [1.807, 2.05) is 0 Å². The van der Waals surface area contributed by atoms with Crippen molar-refractivity contribution < 1.29 is 8.42 Å². The fraction of sp³-hybridized carbons (Fsp3) is 1.00. The van der Waals surface area contributed by atoms with E-state index in [1.54, 1.807) is 0 Å². The van der Waals surface area contributed by atoms with Crippen molar-refractivity contribution >= 4 is 10.2 Å². The molecular weight excluding hydrogens is 212 g/mol. The van der Waals surface area contributed by atoms with E-state index in [0.29, 0.717) is 6.54 Å². The van der Waals surface area contributed by atoms with Crippen molar-refractivity contribution in [2.75, 3.05) is 6.54 Å². The normalized spacial score (nSPS) is 11.9. The van der Waals surface area contributed by atoms with E-state index in [2.05, 4.69) is 11.6 Å². The largest absolute Gasteiger partial charge is 0.274 e. The van der Waals surface area contributed by atoms with Gasteiger partial charge in [0, 0.05) is 6.54 Å². The van der Waals surface area contributed by atoms with Crippen LogP contribution >= 0.6 is 0 Å². The fourth-order valence-corrected chi connectivity index (χ4v) is 1.90. The lowest BCUT2D eigenvalue weighted by atomic mass is 10.1. The minimum Gasteiger partial charge on any atom is -0.216 e. The van der Waals surface area contributed by atoms with Gasteiger partial charge >= 0.3 is 0 Å². The maximum atomic E-state index is 10.5. The summed E-state index contributed by atoms with van der Waals surface area (Å²) in [6.45, 7) is 2.67. The van der Waals surface area contributed by atoms with Crippen molar-refractivity contribution in [3.8, 4) is 0 Å². The average molecular weight is 236 g/mol. The summed E-state index contributed by atoms with van der Waals surface area (Å²) in [4.78, 5) is 0. The summed E-state index contributed by atoms with van der Waals surface area (Å²) in [7, 11) is -3.48. The molecule has 15 heavy (non-hydrogen) atoms. The van der Waals surface area contributed by atoms with Gasteiger partial charge in [-0.05, 0) is 6.42 Å². The van der Waals surface area contributed by atoms with Crippen LogP contribution in [0.5, 0.6) is 0 Å². The Morgan fingerprint density at radius 2 is 1.40 bits per heavy atom. The zero-order chi connectivity index (χ0) is 11.6. The van der Waals surface area contributed by atoms with Crippen molar-refractivity contribution in [2.24, 2.45) is 5.14 Å². The Morgan fingerprint density at radius 3 is 1.87 bits per heavy atom. The molecule has 3 N–H and O–H groups in total. The smallest absolute Gasteiger partial charge is 0.216 e. The number of unbranched alkanes of at least 4 members (excludes halogenated alkanes) is 7. The highest BCUT2D eigenvalue weighted by atomic mass is 32.2. The van der Waals surface area contributed by atoms with Crippen LogP contribution in [0.1, 0.15) is 58.3 Å². The third-order valence-corrected chi connectivity index (χ3v) is 2.94. The number of nitrogens with one attached hydrogen (secondary N) is 1. The highest BCUT2D eigenvalue weighted by Gasteiger charge is 1.98. The number of rotatable bonds is 10. The van der Waals surface area contributed by atoms with Crippen LogP contribution in [0.4, 0.5) is 0 Å². The predicted molar refractivity (Wildman–Crippen MR) is 63.7 cm³/mol. The van der Waals surface area contributed by atoms with Gasteiger partial charge in [0.05, 0.1) is 0 Å². The van der Waals surface area contributed by atoms with Gasteiger partial charge in [-0.1, -0.05) is 51.9 Å². The number of hydrogen-bond acceptors (Lipinski definition) is 2. The van der Waals surface area contributed by atoms with E-state index >= 15 is 0 Å². The SMILES string of the molecule is CCCCCCCCCCNS(N)(=O)=O.